The topological polar surface area (TPSA) is 57.7 Å². The molecule has 1 amide bonds. The second-order valence-corrected chi connectivity index (χ2v) is 9.54. The third-order valence-corrected chi connectivity index (χ3v) is 6.93. The van der Waals surface area contributed by atoms with Gasteiger partial charge >= 0.3 is 0 Å². The number of halogens is 1. The van der Waals surface area contributed by atoms with Gasteiger partial charge in [-0.15, -0.1) is 0 Å². The molecule has 0 fully saturated rings. The van der Waals surface area contributed by atoms with Crippen LogP contribution in [0.15, 0.2) is 71.6 Å². The molecule has 0 aliphatic rings. The van der Waals surface area contributed by atoms with E-state index in [1.54, 1.807) is 68.6 Å². The Hall–Kier alpha value is -3.19. The summed E-state index contributed by atoms with van der Waals surface area (Å²) in [5.74, 6) is -0.531. The summed E-state index contributed by atoms with van der Waals surface area (Å²) in [7, 11) is -0.548. The van der Waals surface area contributed by atoms with E-state index in [2.05, 4.69) is 0 Å². The number of hydrogen-bond acceptors (Lipinski definition) is 3. The molecule has 0 aliphatic heterocycles. The van der Waals surface area contributed by atoms with Gasteiger partial charge in [0.1, 0.15) is 5.82 Å². The molecule has 0 bridgehead atoms. The first-order valence-electron chi connectivity index (χ1n) is 9.76. The van der Waals surface area contributed by atoms with Crippen LogP contribution in [0.4, 0.5) is 10.1 Å². The lowest BCUT2D eigenvalue weighted by molar-refractivity contribution is 0.0785. The van der Waals surface area contributed by atoms with E-state index in [1.807, 2.05) is 6.92 Å². The second kappa shape index (κ2) is 8.89. The minimum Gasteiger partial charge on any atom is -0.337 e. The van der Waals surface area contributed by atoms with E-state index >= 15 is 0 Å². The van der Waals surface area contributed by atoms with Crippen LogP contribution in [0.3, 0.4) is 0 Å². The zero-order valence-corrected chi connectivity index (χ0v) is 18.8. The number of hydrogen-bond donors (Lipinski definition) is 0. The standard InChI is InChI=1S/C24H25FN2O3S/c1-17-5-12-22(13-6-17)31(29,30)27(4)23-14-9-20(15-18(23)2)24(28)26(3)16-19-7-10-21(25)11-8-19/h5-15H,16H2,1-4H3. The van der Waals surface area contributed by atoms with E-state index < -0.39 is 10.0 Å². The fourth-order valence-electron chi connectivity index (χ4n) is 3.30. The Morgan fingerprint density at radius 2 is 1.52 bits per heavy atom. The van der Waals surface area contributed by atoms with Crippen molar-refractivity contribution in [2.45, 2.75) is 25.3 Å². The van der Waals surface area contributed by atoms with Gasteiger partial charge < -0.3 is 4.90 Å². The van der Waals surface area contributed by atoms with Crippen LogP contribution in [0.1, 0.15) is 27.0 Å². The summed E-state index contributed by atoms with van der Waals surface area (Å²) in [5.41, 5.74) is 3.41. The van der Waals surface area contributed by atoms with Crippen LogP contribution in [-0.4, -0.2) is 33.3 Å². The maximum atomic E-state index is 13.1. The smallest absolute Gasteiger partial charge is 0.264 e. The average Bonchev–Trinajstić information content (AvgIpc) is 2.74. The number of nitrogens with zero attached hydrogens (tertiary/aromatic N) is 2. The van der Waals surface area contributed by atoms with E-state index in [0.717, 1.165) is 11.1 Å². The second-order valence-electron chi connectivity index (χ2n) is 7.57. The van der Waals surface area contributed by atoms with Crippen LogP contribution in [0.5, 0.6) is 0 Å². The molecule has 5 nitrogen and oxygen atoms in total. The van der Waals surface area contributed by atoms with Gasteiger partial charge in [-0.3, -0.25) is 9.10 Å². The SMILES string of the molecule is Cc1ccc(S(=O)(=O)N(C)c2ccc(C(=O)N(C)Cc3ccc(F)cc3)cc2C)cc1. The summed E-state index contributed by atoms with van der Waals surface area (Å²) >= 11 is 0. The van der Waals surface area contributed by atoms with Gasteiger partial charge in [0.25, 0.3) is 15.9 Å². The molecule has 0 spiro atoms. The summed E-state index contributed by atoms with van der Waals surface area (Å²) in [5, 5.41) is 0. The molecule has 0 N–H and O–H groups in total. The van der Waals surface area contributed by atoms with Crippen molar-refractivity contribution in [2.24, 2.45) is 0 Å². The maximum Gasteiger partial charge on any atom is 0.264 e. The highest BCUT2D eigenvalue weighted by molar-refractivity contribution is 7.92. The minimum atomic E-state index is -3.72. The molecule has 3 aromatic carbocycles. The molecule has 0 radical (unpaired) electrons. The zero-order chi connectivity index (χ0) is 22.8. The van der Waals surface area contributed by atoms with Crippen LogP contribution in [0.2, 0.25) is 0 Å². The Kier molecular flexibility index (Phi) is 6.45. The summed E-state index contributed by atoms with van der Waals surface area (Å²) in [4.78, 5) is 14.6. The lowest BCUT2D eigenvalue weighted by Crippen LogP contribution is -2.28. The molecule has 0 saturated heterocycles. The normalized spacial score (nSPS) is 11.3. The van der Waals surface area contributed by atoms with E-state index in [4.69, 9.17) is 0 Å². The number of sulfonamides is 1. The average molecular weight is 441 g/mol. The van der Waals surface area contributed by atoms with Gasteiger partial charge in [-0.2, -0.15) is 0 Å². The third kappa shape index (κ3) is 4.94. The van der Waals surface area contributed by atoms with Gasteiger partial charge in [-0.25, -0.2) is 12.8 Å². The molecule has 3 rings (SSSR count). The molecular weight excluding hydrogens is 415 g/mol. The van der Waals surface area contributed by atoms with Crippen molar-refractivity contribution in [1.29, 1.82) is 0 Å². The molecule has 0 heterocycles. The summed E-state index contributed by atoms with van der Waals surface area (Å²) in [6, 6.07) is 17.6. The lowest BCUT2D eigenvalue weighted by Gasteiger charge is -2.23. The maximum absolute atomic E-state index is 13.1. The number of carbonyl (C=O) groups is 1. The predicted molar refractivity (Wildman–Crippen MR) is 120 cm³/mol. The van der Waals surface area contributed by atoms with E-state index in [0.29, 0.717) is 23.4 Å². The fraction of sp³-hybridized carbons (Fsp3) is 0.208. The Morgan fingerprint density at radius 1 is 0.903 bits per heavy atom. The Balaban J connectivity index is 1.80. The molecule has 0 atom stereocenters. The number of carbonyl (C=O) groups excluding carboxylic acids is 1. The Morgan fingerprint density at radius 3 is 2.10 bits per heavy atom. The van der Waals surface area contributed by atoms with Gasteiger partial charge in [-0.1, -0.05) is 29.8 Å². The molecule has 0 unspecified atom stereocenters. The quantitative estimate of drug-likeness (QED) is 0.566. The zero-order valence-electron chi connectivity index (χ0n) is 18.0. The van der Waals surface area contributed by atoms with Crippen molar-refractivity contribution >= 4 is 21.6 Å². The van der Waals surface area contributed by atoms with Gasteiger partial charge in [-0.05, 0) is 67.4 Å². The van der Waals surface area contributed by atoms with E-state index in [1.165, 1.54) is 28.4 Å². The highest BCUT2D eigenvalue weighted by atomic mass is 32.2. The molecule has 162 valence electrons. The summed E-state index contributed by atoms with van der Waals surface area (Å²) in [6.07, 6.45) is 0. The van der Waals surface area contributed by atoms with Gasteiger partial charge in [0, 0.05) is 26.2 Å². The van der Waals surface area contributed by atoms with Gasteiger partial charge in [0.15, 0.2) is 0 Å². The molecule has 0 aliphatic carbocycles. The Bertz CT molecular complexity index is 1190. The highest BCUT2D eigenvalue weighted by Crippen LogP contribution is 2.27. The molecule has 7 heteroatoms. The lowest BCUT2D eigenvalue weighted by atomic mass is 10.1. The van der Waals surface area contributed by atoms with Gasteiger partial charge in [0.05, 0.1) is 10.6 Å². The number of benzene rings is 3. The Labute approximate surface area is 182 Å². The number of aryl methyl sites for hydroxylation is 2. The fourth-order valence-corrected chi connectivity index (χ4v) is 4.56. The van der Waals surface area contributed by atoms with Crippen LogP contribution in [0, 0.1) is 19.7 Å². The first-order valence-corrected chi connectivity index (χ1v) is 11.2. The summed E-state index contributed by atoms with van der Waals surface area (Å²) in [6.45, 7) is 4.00. The molecule has 3 aromatic rings. The van der Waals surface area contributed by atoms with Crippen molar-refractivity contribution in [1.82, 2.24) is 4.90 Å². The monoisotopic (exact) mass is 440 g/mol. The van der Waals surface area contributed by atoms with Crippen molar-refractivity contribution in [3.8, 4) is 0 Å². The third-order valence-electron chi connectivity index (χ3n) is 5.14. The van der Waals surface area contributed by atoms with Crippen molar-refractivity contribution < 1.29 is 17.6 Å². The van der Waals surface area contributed by atoms with Crippen LogP contribution < -0.4 is 4.31 Å². The molecular formula is C24H25FN2O3S. The van der Waals surface area contributed by atoms with Crippen LogP contribution in [-0.2, 0) is 16.6 Å². The molecule has 0 saturated carbocycles. The first-order chi connectivity index (χ1) is 14.6. The largest absolute Gasteiger partial charge is 0.337 e. The van der Waals surface area contributed by atoms with Crippen molar-refractivity contribution in [3.63, 3.8) is 0 Å². The first kappa shape index (κ1) is 22.5. The van der Waals surface area contributed by atoms with Crippen molar-refractivity contribution in [2.75, 3.05) is 18.4 Å². The molecule has 0 aromatic heterocycles. The number of amides is 1. The van der Waals surface area contributed by atoms with E-state index in [9.17, 15) is 17.6 Å². The number of rotatable bonds is 6. The highest BCUT2D eigenvalue weighted by Gasteiger charge is 2.23. The van der Waals surface area contributed by atoms with Crippen LogP contribution >= 0.6 is 0 Å². The molecule has 31 heavy (non-hydrogen) atoms. The van der Waals surface area contributed by atoms with E-state index in [-0.39, 0.29) is 16.6 Å². The minimum absolute atomic E-state index is 0.206. The predicted octanol–water partition coefficient (Wildman–Crippen LogP) is 4.54. The van der Waals surface area contributed by atoms with Gasteiger partial charge in [0.2, 0.25) is 0 Å². The van der Waals surface area contributed by atoms with Crippen molar-refractivity contribution in [3.05, 3.63) is 94.8 Å². The van der Waals surface area contributed by atoms with Crippen LogP contribution in [0.25, 0.3) is 0 Å². The summed E-state index contributed by atoms with van der Waals surface area (Å²) < 4.78 is 40.3. The number of anilines is 1.